The molecule has 0 aromatic rings. The Morgan fingerprint density at radius 1 is 1.43 bits per heavy atom. The van der Waals surface area contributed by atoms with Gasteiger partial charge in [0, 0.05) is 20.9 Å². The van der Waals surface area contributed by atoms with Crippen LogP contribution >= 0.6 is 0 Å². The average molecular weight is 214 g/mol. The Labute approximate surface area is 85.5 Å². The second kappa shape index (κ2) is 3.85. The zero-order chi connectivity index (χ0) is 10.9. The minimum absolute atomic E-state index is 0.126. The summed E-state index contributed by atoms with van der Waals surface area (Å²) in [6.45, 7) is 6.44. The van der Waals surface area contributed by atoms with Gasteiger partial charge in [0.05, 0.1) is 5.92 Å². The normalized spacial score (nSPS) is 28.9. The molecule has 0 amide bonds. The van der Waals surface area contributed by atoms with Crippen LogP contribution in [-0.2, 0) is 9.59 Å². The molecule has 3 nitrogen and oxygen atoms in total. The van der Waals surface area contributed by atoms with Crippen molar-refractivity contribution in [1.82, 2.24) is 0 Å². The van der Waals surface area contributed by atoms with Crippen LogP contribution in [0.4, 0.5) is 0 Å². The Hall–Kier alpha value is -0.643. The predicted molar refractivity (Wildman–Crippen MR) is 57.1 cm³/mol. The van der Waals surface area contributed by atoms with Gasteiger partial charge in [-0.25, -0.2) is 0 Å². The van der Waals surface area contributed by atoms with Crippen LogP contribution in [0.1, 0.15) is 19.3 Å². The summed E-state index contributed by atoms with van der Waals surface area (Å²) in [5.74, 6) is -0.751. The number of carboxylic acid groups (broad SMARTS) is 1. The van der Waals surface area contributed by atoms with Crippen LogP contribution < -0.4 is 0 Å². The SMILES string of the molecule is C[Si](C)(C)[C@@H]1CC(=O)CC[C@@H]1C(=O)O. The first-order valence-electron chi connectivity index (χ1n) is 5.07. The van der Waals surface area contributed by atoms with E-state index < -0.39 is 14.0 Å². The molecule has 1 rings (SSSR count). The van der Waals surface area contributed by atoms with Crippen LogP contribution in [0.2, 0.25) is 25.2 Å². The lowest BCUT2D eigenvalue weighted by atomic mass is 9.88. The molecule has 0 aromatic carbocycles. The van der Waals surface area contributed by atoms with E-state index in [1.807, 2.05) is 0 Å². The number of carbonyl (C=O) groups is 2. The summed E-state index contributed by atoms with van der Waals surface area (Å²) in [5, 5.41) is 9.07. The number of rotatable bonds is 2. The van der Waals surface area contributed by atoms with Crippen LogP contribution in [0.5, 0.6) is 0 Å². The number of hydrogen-bond acceptors (Lipinski definition) is 2. The second-order valence-corrected chi connectivity index (χ2v) is 10.7. The van der Waals surface area contributed by atoms with E-state index in [2.05, 4.69) is 19.6 Å². The van der Waals surface area contributed by atoms with Gasteiger partial charge in [0.1, 0.15) is 5.78 Å². The quantitative estimate of drug-likeness (QED) is 0.717. The minimum atomic E-state index is -1.53. The van der Waals surface area contributed by atoms with E-state index in [9.17, 15) is 9.59 Å². The van der Waals surface area contributed by atoms with Gasteiger partial charge in [0.15, 0.2) is 0 Å². The van der Waals surface area contributed by atoms with Crippen LogP contribution in [0.25, 0.3) is 0 Å². The number of Topliss-reactive ketones (excluding diaryl/α,β-unsaturated/α-hetero) is 1. The lowest BCUT2D eigenvalue weighted by molar-refractivity contribution is -0.143. The molecule has 4 heteroatoms. The molecule has 1 aliphatic carbocycles. The van der Waals surface area contributed by atoms with Crippen LogP contribution in [-0.4, -0.2) is 24.9 Å². The third-order valence-electron chi connectivity index (χ3n) is 3.10. The molecule has 80 valence electrons. The van der Waals surface area contributed by atoms with Gasteiger partial charge in [-0.05, 0) is 12.0 Å². The predicted octanol–water partition coefficient (Wildman–Crippen LogP) is 2.15. The molecule has 1 saturated carbocycles. The van der Waals surface area contributed by atoms with E-state index in [0.717, 1.165) is 0 Å². The summed E-state index contributed by atoms with van der Waals surface area (Å²) in [6.07, 6.45) is 1.49. The van der Waals surface area contributed by atoms with Crippen molar-refractivity contribution in [3.8, 4) is 0 Å². The van der Waals surface area contributed by atoms with Crippen molar-refractivity contribution in [2.45, 2.75) is 44.4 Å². The highest BCUT2D eigenvalue weighted by molar-refractivity contribution is 6.78. The monoisotopic (exact) mass is 214 g/mol. The number of carbonyl (C=O) groups excluding carboxylic acids is 1. The molecule has 0 saturated heterocycles. The van der Waals surface area contributed by atoms with E-state index >= 15 is 0 Å². The zero-order valence-corrected chi connectivity index (χ0v) is 10.0. The van der Waals surface area contributed by atoms with Crippen LogP contribution in [0.3, 0.4) is 0 Å². The van der Waals surface area contributed by atoms with E-state index in [0.29, 0.717) is 19.3 Å². The Morgan fingerprint density at radius 3 is 2.43 bits per heavy atom. The maximum atomic E-state index is 11.3. The standard InChI is InChI=1S/C10H18O3Si/c1-14(2,3)9-6-7(11)4-5-8(9)10(12)13/h8-9H,4-6H2,1-3H3,(H,12,13)/t8-,9+/m0/s1. The maximum absolute atomic E-state index is 11.3. The second-order valence-electron chi connectivity index (χ2n) is 5.20. The van der Waals surface area contributed by atoms with Crippen molar-refractivity contribution >= 4 is 19.8 Å². The van der Waals surface area contributed by atoms with Crippen molar-refractivity contribution < 1.29 is 14.7 Å². The largest absolute Gasteiger partial charge is 0.481 e. The highest BCUT2D eigenvalue weighted by atomic mass is 28.3. The minimum Gasteiger partial charge on any atom is -0.481 e. The van der Waals surface area contributed by atoms with Crippen molar-refractivity contribution in [3.63, 3.8) is 0 Å². The molecule has 2 atom stereocenters. The lowest BCUT2D eigenvalue weighted by Gasteiger charge is -2.36. The van der Waals surface area contributed by atoms with E-state index in [-0.39, 0.29) is 17.2 Å². The summed E-state index contributed by atoms with van der Waals surface area (Å²) in [4.78, 5) is 22.3. The van der Waals surface area contributed by atoms with E-state index in [1.54, 1.807) is 0 Å². The van der Waals surface area contributed by atoms with Gasteiger partial charge in [-0.1, -0.05) is 19.6 Å². The van der Waals surface area contributed by atoms with Crippen molar-refractivity contribution in [3.05, 3.63) is 0 Å². The summed E-state index contributed by atoms with van der Waals surface area (Å²) in [5.41, 5.74) is 0.126. The van der Waals surface area contributed by atoms with Crippen molar-refractivity contribution in [2.24, 2.45) is 5.92 Å². The van der Waals surface area contributed by atoms with Crippen molar-refractivity contribution in [1.29, 1.82) is 0 Å². The first-order valence-corrected chi connectivity index (χ1v) is 8.64. The molecule has 14 heavy (non-hydrogen) atoms. The van der Waals surface area contributed by atoms with Gasteiger partial charge < -0.3 is 5.11 Å². The van der Waals surface area contributed by atoms with Gasteiger partial charge in [0.25, 0.3) is 0 Å². The Morgan fingerprint density at radius 2 is 2.00 bits per heavy atom. The van der Waals surface area contributed by atoms with Crippen LogP contribution in [0, 0.1) is 5.92 Å². The third kappa shape index (κ3) is 2.44. The van der Waals surface area contributed by atoms with Gasteiger partial charge in [-0.3, -0.25) is 9.59 Å². The lowest BCUT2D eigenvalue weighted by Crippen LogP contribution is -2.40. The zero-order valence-electron chi connectivity index (χ0n) is 9.04. The van der Waals surface area contributed by atoms with Gasteiger partial charge >= 0.3 is 5.97 Å². The maximum Gasteiger partial charge on any atom is 0.306 e. The van der Waals surface area contributed by atoms with Crippen molar-refractivity contribution in [2.75, 3.05) is 0 Å². The Balaban J connectivity index is 2.84. The third-order valence-corrected chi connectivity index (χ3v) is 5.93. The fraction of sp³-hybridized carbons (Fsp3) is 0.800. The molecule has 0 unspecified atom stereocenters. The first kappa shape index (κ1) is 11.4. The van der Waals surface area contributed by atoms with E-state index in [1.165, 1.54) is 0 Å². The number of hydrogen-bond donors (Lipinski definition) is 1. The molecule has 0 aromatic heterocycles. The van der Waals surface area contributed by atoms with Crippen LogP contribution in [0.15, 0.2) is 0 Å². The number of aliphatic carboxylic acids is 1. The van der Waals surface area contributed by atoms with E-state index in [4.69, 9.17) is 5.11 Å². The molecule has 1 N–H and O–H groups in total. The Bertz CT molecular complexity index is 255. The highest BCUT2D eigenvalue weighted by Gasteiger charge is 2.41. The molecule has 1 aliphatic rings. The summed E-state index contributed by atoms with van der Waals surface area (Å²) in [6, 6.07) is 0. The molecular weight excluding hydrogens is 196 g/mol. The fourth-order valence-electron chi connectivity index (χ4n) is 2.21. The molecule has 0 spiro atoms. The summed E-state index contributed by atoms with van der Waals surface area (Å²) in [7, 11) is -1.53. The molecule has 1 fully saturated rings. The van der Waals surface area contributed by atoms with Gasteiger partial charge in [-0.15, -0.1) is 0 Å². The average Bonchev–Trinajstić information content (AvgIpc) is 2.01. The number of ketones is 1. The fourth-order valence-corrected chi connectivity index (χ4v) is 4.57. The molecule has 0 bridgehead atoms. The Kier molecular flexibility index (Phi) is 3.14. The molecule has 0 radical (unpaired) electrons. The van der Waals surface area contributed by atoms with Gasteiger partial charge in [-0.2, -0.15) is 0 Å². The molecule has 0 heterocycles. The summed E-state index contributed by atoms with van der Waals surface area (Å²) < 4.78 is 0. The topological polar surface area (TPSA) is 54.4 Å². The molecule has 0 aliphatic heterocycles. The first-order chi connectivity index (χ1) is 6.32. The smallest absolute Gasteiger partial charge is 0.306 e. The molecular formula is C10H18O3Si. The number of carboxylic acids is 1. The van der Waals surface area contributed by atoms with Gasteiger partial charge in [0.2, 0.25) is 0 Å². The summed E-state index contributed by atoms with van der Waals surface area (Å²) >= 11 is 0. The highest BCUT2D eigenvalue weighted by Crippen LogP contribution is 2.40.